The van der Waals surface area contributed by atoms with Gasteiger partial charge in [-0.1, -0.05) is 30.7 Å². The van der Waals surface area contributed by atoms with E-state index in [1.165, 1.54) is 22.2 Å². The fraction of sp³-hybridized carbons (Fsp3) is 0.480. The molecule has 0 bridgehead atoms. The van der Waals surface area contributed by atoms with E-state index in [0.29, 0.717) is 18.4 Å². The molecule has 178 valence electrons. The summed E-state index contributed by atoms with van der Waals surface area (Å²) in [5.74, 6) is 1.66. The maximum Gasteiger partial charge on any atom is 0.262 e. The van der Waals surface area contributed by atoms with Crippen molar-refractivity contribution in [3.05, 3.63) is 44.6 Å². The number of amides is 1. The van der Waals surface area contributed by atoms with Gasteiger partial charge in [0, 0.05) is 11.9 Å². The van der Waals surface area contributed by atoms with E-state index < -0.39 is 5.54 Å². The Morgan fingerprint density at radius 1 is 1.18 bits per heavy atom. The van der Waals surface area contributed by atoms with Crippen LogP contribution >= 0.6 is 23.1 Å². The van der Waals surface area contributed by atoms with E-state index in [4.69, 9.17) is 14.5 Å². The highest BCUT2D eigenvalue weighted by Gasteiger charge is 2.38. The number of nitrogens with zero attached hydrogens (tertiary/aromatic N) is 2. The molecule has 1 aliphatic heterocycles. The van der Waals surface area contributed by atoms with Gasteiger partial charge in [0.05, 0.1) is 16.7 Å². The zero-order valence-electron chi connectivity index (χ0n) is 19.1. The summed E-state index contributed by atoms with van der Waals surface area (Å²) in [6.45, 7) is 1.09. The van der Waals surface area contributed by atoms with Crippen LogP contribution in [0.25, 0.3) is 10.2 Å². The summed E-state index contributed by atoms with van der Waals surface area (Å²) in [5.41, 5.74) is 1.85. The number of nitrogens with one attached hydrogen (secondary N) is 1. The topological polar surface area (TPSA) is 82.5 Å². The Bertz CT molecular complexity index is 1340. The minimum atomic E-state index is -0.398. The molecule has 2 aliphatic carbocycles. The Labute approximate surface area is 205 Å². The van der Waals surface area contributed by atoms with Crippen molar-refractivity contribution < 1.29 is 14.3 Å². The maximum absolute atomic E-state index is 13.1. The van der Waals surface area contributed by atoms with Crippen LogP contribution in [0.3, 0.4) is 0 Å². The molecule has 2 aromatic heterocycles. The number of thiophene rings is 1. The van der Waals surface area contributed by atoms with Gasteiger partial charge in [-0.3, -0.25) is 14.2 Å². The average molecular weight is 498 g/mol. The van der Waals surface area contributed by atoms with Crippen molar-refractivity contribution in [2.75, 3.05) is 19.0 Å². The standard InChI is InChI=1S/C25H27N3O4S2/c1-28-23(30)21-16-5-4-6-19(16)34-22(21)26-24(28)33-14-20(29)27-25(9-2-3-10-25)15-7-8-17-18(13-15)32-12-11-31-17/h7-8,13H,2-6,9-12,14H2,1H3,(H,27,29). The lowest BCUT2D eigenvalue weighted by atomic mass is 9.87. The molecule has 0 unspecified atom stereocenters. The van der Waals surface area contributed by atoms with Gasteiger partial charge in [-0.25, -0.2) is 4.98 Å². The van der Waals surface area contributed by atoms with Crippen molar-refractivity contribution in [3.63, 3.8) is 0 Å². The second kappa shape index (κ2) is 8.61. The molecule has 6 rings (SSSR count). The first-order valence-corrected chi connectivity index (χ1v) is 13.7. The zero-order chi connectivity index (χ0) is 23.3. The lowest BCUT2D eigenvalue weighted by Gasteiger charge is -2.32. The Morgan fingerprint density at radius 3 is 2.79 bits per heavy atom. The van der Waals surface area contributed by atoms with Crippen LogP contribution in [0.1, 0.15) is 48.1 Å². The van der Waals surface area contributed by atoms with Gasteiger partial charge >= 0.3 is 0 Å². The molecule has 1 aromatic carbocycles. The van der Waals surface area contributed by atoms with E-state index in [1.54, 1.807) is 23.0 Å². The molecule has 1 amide bonds. The number of aryl methyl sites for hydroxylation is 2. The van der Waals surface area contributed by atoms with Gasteiger partial charge in [0.15, 0.2) is 16.7 Å². The summed E-state index contributed by atoms with van der Waals surface area (Å²) in [6, 6.07) is 6.00. The fourth-order valence-corrected chi connectivity index (χ4v) is 7.55. The van der Waals surface area contributed by atoms with Crippen molar-refractivity contribution in [3.8, 4) is 11.5 Å². The molecule has 1 N–H and O–H groups in total. The van der Waals surface area contributed by atoms with E-state index in [2.05, 4.69) is 5.32 Å². The predicted octanol–water partition coefficient (Wildman–Crippen LogP) is 3.93. The summed E-state index contributed by atoms with van der Waals surface area (Å²) in [5, 5.41) is 4.69. The Kier molecular flexibility index (Phi) is 5.56. The molecule has 0 spiro atoms. The van der Waals surface area contributed by atoms with Crippen molar-refractivity contribution >= 4 is 39.2 Å². The molecule has 3 heterocycles. The van der Waals surface area contributed by atoms with Crippen molar-refractivity contribution in [1.29, 1.82) is 0 Å². The van der Waals surface area contributed by atoms with Gasteiger partial charge < -0.3 is 14.8 Å². The average Bonchev–Trinajstić information content (AvgIpc) is 3.57. The first kappa shape index (κ1) is 22.0. The number of rotatable bonds is 5. The normalized spacial score (nSPS) is 18.3. The lowest BCUT2D eigenvalue weighted by Crippen LogP contribution is -2.44. The monoisotopic (exact) mass is 497 g/mol. The number of hydrogen-bond acceptors (Lipinski definition) is 7. The van der Waals surface area contributed by atoms with E-state index in [-0.39, 0.29) is 17.2 Å². The molecule has 0 radical (unpaired) electrons. The Morgan fingerprint density at radius 2 is 1.97 bits per heavy atom. The Balaban J connectivity index is 1.21. The third-order valence-corrected chi connectivity index (χ3v) is 9.38. The minimum absolute atomic E-state index is 0.00384. The second-order valence-corrected chi connectivity index (χ2v) is 11.3. The third kappa shape index (κ3) is 3.69. The molecule has 1 saturated carbocycles. The predicted molar refractivity (Wildman–Crippen MR) is 133 cm³/mol. The number of thioether (sulfide) groups is 1. The number of fused-ring (bicyclic) bond motifs is 4. The largest absolute Gasteiger partial charge is 0.486 e. The molecule has 1 fully saturated rings. The number of carbonyl (C=O) groups excluding carboxylic acids is 1. The third-order valence-electron chi connectivity index (χ3n) is 7.17. The van der Waals surface area contributed by atoms with Crippen LogP contribution in [-0.2, 0) is 30.2 Å². The second-order valence-electron chi connectivity index (χ2n) is 9.28. The highest BCUT2D eigenvalue weighted by atomic mass is 32.2. The van der Waals surface area contributed by atoms with Crippen LogP contribution < -0.4 is 20.3 Å². The van der Waals surface area contributed by atoms with Crippen LogP contribution in [0.15, 0.2) is 28.2 Å². The molecule has 3 aromatic rings. The molecule has 0 saturated heterocycles. The van der Waals surface area contributed by atoms with Gasteiger partial charge in [-0.15, -0.1) is 11.3 Å². The van der Waals surface area contributed by atoms with Crippen molar-refractivity contribution in [2.45, 2.75) is 55.6 Å². The molecular formula is C25H27N3O4S2. The fourth-order valence-electron chi connectivity index (χ4n) is 5.47. The molecule has 34 heavy (non-hydrogen) atoms. The summed E-state index contributed by atoms with van der Waals surface area (Å²) in [7, 11) is 1.75. The van der Waals surface area contributed by atoms with Crippen molar-refractivity contribution in [2.24, 2.45) is 7.05 Å². The highest BCUT2D eigenvalue weighted by molar-refractivity contribution is 7.99. The number of aromatic nitrogens is 2. The molecule has 9 heteroatoms. The van der Waals surface area contributed by atoms with Gasteiger partial charge in [-0.05, 0) is 55.4 Å². The van der Waals surface area contributed by atoms with Crippen LogP contribution in [0, 0.1) is 0 Å². The van der Waals surface area contributed by atoms with E-state index in [0.717, 1.165) is 72.2 Å². The lowest BCUT2D eigenvalue weighted by molar-refractivity contribution is -0.120. The van der Waals surface area contributed by atoms with E-state index >= 15 is 0 Å². The smallest absolute Gasteiger partial charge is 0.262 e. The highest BCUT2D eigenvalue weighted by Crippen LogP contribution is 2.42. The molecule has 0 atom stereocenters. The Hall–Kier alpha value is -2.52. The van der Waals surface area contributed by atoms with E-state index in [1.807, 2.05) is 18.2 Å². The first-order valence-electron chi connectivity index (χ1n) is 11.9. The number of benzene rings is 1. The van der Waals surface area contributed by atoms with Crippen LogP contribution in [0.4, 0.5) is 0 Å². The van der Waals surface area contributed by atoms with Crippen LogP contribution in [0.5, 0.6) is 11.5 Å². The summed E-state index contributed by atoms with van der Waals surface area (Å²) < 4.78 is 13.0. The van der Waals surface area contributed by atoms with E-state index in [9.17, 15) is 9.59 Å². The number of ether oxygens (including phenoxy) is 2. The minimum Gasteiger partial charge on any atom is -0.486 e. The molecular weight excluding hydrogens is 470 g/mol. The summed E-state index contributed by atoms with van der Waals surface area (Å²) in [6.07, 6.45) is 7.03. The van der Waals surface area contributed by atoms with Crippen LogP contribution in [-0.4, -0.2) is 34.4 Å². The summed E-state index contributed by atoms with van der Waals surface area (Å²) >= 11 is 2.96. The van der Waals surface area contributed by atoms with Crippen LogP contribution in [0.2, 0.25) is 0 Å². The van der Waals surface area contributed by atoms with Gasteiger partial charge in [0.1, 0.15) is 18.0 Å². The maximum atomic E-state index is 13.1. The zero-order valence-corrected chi connectivity index (χ0v) is 20.8. The number of carbonyl (C=O) groups is 1. The van der Waals surface area contributed by atoms with Gasteiger partial charge in [-0.2, -0.15) is 0 Å². The van der Waals surface area contributed by atoms with Gasteiger partial charge in [0.25, 0.3) is 5.56 Å². The number of hydrogen-bond donors (Lipinski definition) is 1. The quantitative estimate of drug-likeness (QED) is 0.425. The SMILES string of the molecule is Cn1c(SCC(=O)NC2(c3ccc4c(c3)OCCO4)CCCC2)nc2sc3c(c2c1=O)CCC3. The first-order chi connectivity index (χ1) is 16.5. The molecule has 7 nitrogen and oxygen atoms in total. The summed E-state index contributed by atoms with van der Waals surface area (Å²) in [4.78, 5) is 33.0. The van der Waals surface area contributed by atoms with Gasteiger partial charge in [0.2, 0.25) is 5.91 Å². The van der Waals surface area contributed by atoms with Crippen molar-refractivity contribution in [1.82, 2.24) is 14.9 Å². The molecule has 3 aliphatic rings.